The van der Waals surface area contributed by atoms with Crippen molar-refractivity contribution in [2.45, 2.75) is 6.04 Å². The predicted molar refractivity (Wildman–Crippen MR) is 106 cm³/mol. The Bertz CT molecular complexity index is 916. The van der Waals surface area contributed by atoms with Crippen LogP contribution in [0.4, 0.5) is 0 Å². The molecule has 1 heterocycles. The fourth-order valence-corrected chi connectivity index (χ4v) is 3.37. The molecule has 0 aliphatic carbocycles. The first-order valence-corrected chi connectivity index (χ1v) is 9.09. The lowest BCUT2D eigenvalue weighted by molar-refractivity contribution is 0.0940. The summed E-state index contributed by atoms with van der Waals surface area (Å²) in [5.41, 5.74) is 1.37. The number of nitrogens with zero attached hydrogens (tertiary/aromatic N) is 2. The van der Waals surface area contributed by atoms with Crippen LogP contribution < -0.4 is 14.8 Å². The minimum Gasteiger partial charge on any atom is -0.495 e. The lowest BCUT2D eigenvalue weighted by Gasteiger charge is -2.20. The number of imidazole rings is 1. The molecule has 0 radical (unpaired) electrons. The van der Waals surface area contributed by atoms with Crippen LogP contribution in [0.25, 0.3) is 0 Å². The van der Waals surface area contributed by atoms with Crippen molar-refractivity contribution >= 4 is 21.8 Å². The fraction of sp³-hybridized carbons (Fsp3) is 0.200. The molecule has 27 heavy (non-hydrogen) atoms. The number of aromatic nitrogens is 2. The smallest absolute Gasteiger partial charge is 0.252 e. The van der Waals surface area contributed by atoms with Crippen molar-refractivity contribution in [3.05, 3.63) is 76.3 Å². The molecular weight excluding hydrogens is 410 g/mol. The second-order valence-electron chi connectivity index (χ2n) is 5.91. The second kappa shape index (κ2) is 8.26. The summed E-state index contributed by atoms with van der Waals surface area (Å²) in [6.45, 7) is 0. The van der Waals surface area contributed by atoms with Crippen molar-refractivity contribution in [2.24, 2.45) is 7.05 Å². The van der Waals surface area contributed by atoms with Crippen molar-refractivity contribution in [2.75, 3.05) is 14.2 Å². The Morgan fingerprint density at radius 2 is 1.78 bits per heavy atom. The van der Waals surface area contributed by atoms with Crippen LogP contribution in [-0.4, -0.2) is 29.7 Å². The Morgan fingerprint density at radius 3 is 2.30 bits per heavy atom. The molecule has 140 valence electrons. The van der Waals surface area contributed by atoms with E-state index in [1.54, 1.807) is 32.5 Å². The Morgan fingerprint density at radius 1 is 1.15 bits per heavy atom. The molecule has 0 saturated carbocycles. The number of rotatable bonds is 6. The Hall–Kier alpha value is -2.80. The molecule has 0 aliphatic rings. The van der Waals surface area contributed by atoms with Crippen LogP contribution in [0, 0.1) is 0 Å². The molecule has 0 bridgehead atoms. The molecule has 2 aromatic carbocycles. The van der Waals surface area contributed by atoms with Crippen LogP contribution in [0.5, 0.6) is 11.5 Å². The van der Waals surface area contributed by atoms with E-state index in [2.05, 4.69) is 26.2 Å². The first kappa shape index (κ1) is 19.0. The number of hydrogen-bond donors (Lipinski definition) is 1. The van der Waals surface area contributed by atoms with Crippen molar-refractivity contribution in [3.63, 3.8) is 0 Å². The zero-order valence-electron chi connectivity index (χ0n) is 15.3. The van der Waals surface area contributed by atoms with Gasteiger partial charge in [0, 0.05) is 25.0 Å². The van der Waals surface area contributed by atoms with Gasteiger partial charge >= 0.3 is 0 Å². The van der Waals surface area contributed by atoms with Crippen LogP contribution in [0.15, 0.2) is 59.3 Å². The van der Waals surface area contributed by atoms with E-state index in [1.807, 2.05) is 48.1 Å². The number of benzene rings is 2. The maximum Gasteiger partial charge on any atom is 0.252 e. The first-order valence-electron chi connectivity index (χ1n) is 8.29. The van der Waals surface area contributed by atoms with Gasteiger partial charge in [0.15, 0.2) is 0 Å². The van der Waals surface area contributed by atoms with E-state index in [4.69, 9.17) is 9.47 Å². The summed E-state index contributed by atoms with van der Waals surface area (Å²) in [5, 5.41) is 3.07. The van der Waals surface area contributed by atoms with Gasteiger partial charge in [0.1, 0.15) is 27.8 Å². The van der Waals surface area contributed by atoms with E-state index >= 15 is 0 Å². The number of hydrogen-bond acceptors (Lipinski definition) is 4. The third-order valence-electron chi connectivity index (χ3n) is 4.23. The molecule has 0 spiro atoms. The highest BCUT2D eigenvalue weighted by Crippen LogP contribution is 2.35. The Balaban J connectivity index is 1.97. The van der Waals surface area contributed by atoms with E-state index in [0.717, 1.165) is 11.4 Å². The number of halogens is 1. The third-order valence-corrected chi connectivity index (χ3v) is 5.01. The van der Waals surface area contributed by atoms with Crippen LogP contribution in [-0.2, 0) is 7.05 Å². The molecule has 0 saturated heterocycles. The van der Waals surface area contributed by atoms with E-state index in [0.29, 0.717) is 21.5 Å². The molecule has 1 atom stereocenters. The normalized spacial score (nSPS) is 11.7. The Labute approximate surface area is 166 Å². The van der Waals surface area contributed by atoms with Crippen LogP contribution in [0.3, 0.4) is 0 Å². The van der Waals surface area contributed by atoms with Gasteiger partial charge < -0.3 is 19.4 Å². The number of carbonyl (C=O) groups excluding carboxylic acids is 1. The fourth-order valence-electron chi connectivity index (χ4n) is 2.81. The molecule has 0 aliphatic heterocycles. The van der Waals surface area contributed by atoms with Gasteiger partial charge in [0.2, 0.25) is 0 Å². The molecule has 3 aromatic rings. The van der Waals surface area contributed by atoms with Crippen molar-refractivity contribution in [3.8, 4) is 11.5 Å². The van der Waals surface area contributed by atoms with Crippen LogP contribution >= 0.6 is 15.9 Å². The zero-order chi connectivity index (χ0) is 19.4. The summed E-state index contributed by atoms with van der Waals surface area (Å²) in [5.74, 6) is 1.53. The monoisotopic (exact) mass is 429 g/mol. The molecule has 1 amide bonds. The highest BCUT2D eigenvalue weighted by molar-refractivity contribution is 9.10. The molecule has 3 rings (SSSR count). The lowest BCUT2D eigenvalue weighted by atomic mass is 10.1. The highest BCUT2D eigenvalue weighted by Gasteiger charge is 2.22. The SMILES string of the molecule is COc1cc(C(=O)NC(c2ccccc2)c2nccn2C)cc(OC)c1Br. The zero-order valence-corrected chi connectivity index (χ0v) is 16.9. The van der Waals surface area contributed by atoms with Gasteiger partial charge in [0.25, 0.3) is 5.91 Å². The van der Waals surface area contributed by atoms with E-state index < -0.39 is 0 Å². The van der Waals surface area contributed by atoms with Crippen LogP contribution in [0.1, 0.15) is 27.8 Å². The van der Waals surface area contributed by atoms with Gasteiger partial charge in [-0.2, -0.15) is 0 Å². The molecule has 1 N–H and O–H groups in total. The van der Waals surface area contributed by atoms with E-state index in [1.165, 1.54) is 0 Å². The summed E-state index contributed by atoms with van der Waals surface area (Å²) < 4.78 is 13.2. The van der Waals surface area contributed by atoms with E-state index in [-0.39, 0.29) is 11.9 Å². The van der Waals surface area contributed by atoms with Gasteiger partial charge in [-0.25, -0.2) is 4.98 Å². The number of methoxy groups -OCH3 is 2. The molecule has 1 unspecified atom stereocenters. The van der Waals surface area contributed by atoms with Crippen LogP contribution in [0.2, 0.25) is 0 Å². The largest absolute Gasteiger partial charge is 0.495 e. The third kappa shape index (κ3) is 3.98. The molecular formula is C20H20BrN3O3. The maximum absolute atomic E-state index is 13.0. The molecule has 6 nitrogen and oxygen atoms in total. The summed E-state index contributed by atoms with van der Waals surface area (Å²) in [7, 11) is 4.99. The molecule has 7 heteroatoms. The number of aryl methyl sites for hydroxylation is 1. The van der Waals surface area contributed by atoms with Gasteiger partial charge in [-0.05, 0) is 33.6 Å². The minimum atomic E-state index is -0.390. The highest BCUT2D eigenvalue weighted by atomic mass is 79.9. The van der Waals surface area contributed by atoms with Gasteiger partial charge in [-0.3, -0.25) is 4.79 Å². The first-order chi connectivity index (χ1) is 13.0. The predicted octanol–water partition coefficient (Wildman–Crippen LogP) is 3.72. The summed E-state index contributed by atoms with van der Waals surface area (Å²) in [4.78, 5) is 17.4. The molecule has 1 aromatic heterocycles. The number of nitrogens with one attached hydrogen (secondary N) is 1. The van der Waals surface area contributed by atoms with Gasteiger partial charge in [-0.1, -0.05) is 30.3 Å². The van der Waals surface area contributed by atoms with E-state index in [9.17, 15) is 4.79 Å². The average molecular weight is 430 g/mol. The molecule has 0 fully saturated rings. The maximum atomic E-state index is 13.0. The summed E-state index contributed by atoms with van der Waals surface area (Å²) in [6, 6.07) is 12.7. The Kier molecular flexibility index (Phi) is 5.81. The lowest BCUT2D eigenvalue weighted by Crippen LogP contribution is -2.31. The summed E-state index contributed by atoms with van der Waals surface area (Å²) in [6.07, 6.45) is 3.56. The van der Waals surface area contributed by atoms with Gasteiger partial charge in [0.05, 0.1) is 14.2 Å². The number of ether oxygens (including phenoxy) is 2. The number of amides is 1. The van der Waals surface area contributed by atoms with Gasteiger partial charge in [-0.15, -0.1) is 0 Å². The summed E-state index contributed by atoms with van der Waals surface area (Å²) >= 11 is 3.42. The quantitative estimate of drug-likeness (QED) is 0.648. The minimum absolute atomic E-state index is 0.254. The van der Waals surface area contributed by atoms with Crippen molar-refractivity contribution in [1.29, 1.82) is 0 Å². The second-order valence-corrected chi connectivity index (χ2v) is 6.70. The van der Waals surface area contributed by atoms with Crippen molar-refractivity contribution in [1.82, 2.24) is 14.9 Å². The topological polar surface area (TPSA) is 65.4 Å². The van der Waals surface area contributed by atoms with Crippen molar-refractivity contribution < 1.29 is 14.3 Å². The number of carbonyl (C=O) groups is 1. The average Bonchev–Trinajstić information content (AvgIpc) is 3.12. The standard InChI is InChI=1S/C20H20BrN3O3/c1-24-10-9-22-19(24)18(13-7-5-4-6-8-13)23-20(25)14-11-15(26-2)17(21)16(12-14)27-3/h4-12,18H,1-3H3,(H,23,25).